The summed E-state index contributed by atoms with van der Waals surface area (Å²) in [6.07, 6.45) is 0. The fourth-order valence-corrected chi connectivity index (χ4v) is 2.92. The average molecular weight is 342 g/mol. The molecule has 0 unspecified atom stereocenters. The Hall–Kier alpha value is -1.96. The standard InChI is InChI=1S/C20H17Cl2N/c1-14-3-12-20(15(2)13-14)23(18-8-4-16(21)5-9-18)19-10-6-17(22)7-11-19/h3-13H,1-2H3. The Kier molecular flexibility index (Phi) is 4.61. The Labute approximate surface area is 147 Å². The van der Waals surface area contributed by atoms with Gasteiger partial charge >= 0.3 is 0 Å². The van der Waals surface area contributed by atoms with Crippen LogP contribution in [0.2, 0.25) is 10.0 Å². The van der Waals surface area contributed by atoms with Crippen LogP contribution in [0.5, 0.6) is 0 Å². The first-order valence-electron chi connectivity index (χ1n) is 7.43. The molecule has 0 fully saturated rings. The van der Waals surface area contributed by atoms with Crippen molar-refractivity contribution in [1.82, 2.24) is 0 Å². The maximum atomic E-state index is 6.05. The number of hydrogen-bond donors (Lipinski definition) is 0. The molecule has 0 N–H and O–H groups in total. The van der Waals surface area contributed by atoms with Crippen LogP contribution >= 0.6 is 23.2 Å². The van der Waals surface area contributed by atoms with Gasteiger partial charge in [0.2, 0.25) is 0 Å². The van der Waals surface area contributed by atoms with Gasteiger partial charge in [-0.15, -0.1) is 0 Å². The summed E-state index contributed by atoms with van der Waals surface area (Å²) in [6, 6.07) is 22.2. The van der Waals surface area contributed by atoms with Crippen LogP contribution in [-0.4, -0.2) is 0 Å². The third kappa shape index (κ3) is 3.52. The summed E-state index contributed by atoms with van der Waals surface area (Å²) < 4.78 is 0. The molecule has 1 nitrogen and oxygen atoms in total. The van der Waals surface area contributed by atoms with Crippen molar-refractivity contribution in [1.29, 1.82) is 0 Å². The van der Waals surface area contributed by atoms with E-state index in [0.29, 0.717) is 0 Å². The fraction of sp³-hybridized carbons (Fsp3) is 0.100. The summed E-state index contributed by atoms with van der Waals surface area (Å²) in [7, 11) is 0. The van der Waals surface area contributed by atoms with Crippen molar-refractivity contribution < 1.29 is 0 Å². The second kappa shape index (κ2) is 6.66. The lowest BCUT2D eigenvalue weighted by molar-refractivity contribution is 1.24. The van der Waals surface area contributed by atoms with E-state index in [1.807, 2.05) is 48.5 Å². The molecule has 0 spiro atoms. The zero-order valence-corrected chi connectivity index (χ0v) is 14.6. The van der Waals surface area contributed by atoms with Crippen LogP contribution in [0.4, 0.5) is 17.1 Å². The maximum Gasteiger partial charge on any atom is 0.0490 e. The summed E-state index contributed by atoms with van der Waals surface area (Å²) in [5.41, 5.74) is 5.72. The van der Waals surface area contributed by atoms with Crippen LogP contribution in [0.15, 0.2) is 66.7 Å². The Morgan fingerprint density at radius 1 is 0.652 bits per heavy atom. The normalized spacial score (nSPS) is 10.6. The predicted octanol–water partition coefficient (Wildman–Crippen LogP) is 7.08. The summed E-state index contributed by atoms with van der Waals surface area (Å²) in [5.74, 6) is 0. The molecular weight excluding hydrogens is 325 g/mol. The molecule has 0 aliphatic carbocycles. The SMILES string of the molecule is Cc1ccc(N(c2ccc(Cl)cc2)c2ccc(Cl)cc2)c(C)c1. The highest BCUT2D eigenvalue weighted by Gasteiger charge is 2.14. The minimum absolute atomic E-state index is 0.727. The van der Waals surface area contributed by atoms with Crippen LogP contribution in [-0.2, 0) is 0 Å². The van der Waals surface area contributed by atoms with E-state index < -0.39 is 0 Å². The Morgan fingerprint density at radius 2 is 1.13 bits per heavy atom. The largest absolute Gasteiger partial charge is 0.310 e. The maximum absolute atomic E-state index is 6.05. The van der Waals surface area contributed by atoms with Crippen molar-refractivity contribution in [2.24, 2.45) is 0 Å². The first-order chi connectivity index (χ1) is 11.0. The third-order valence-electron chi connectivity index (χ3n) is 3.76. The van der Waals surface area contributed by atoms with Gasteiger partial charge in [0.1, 0.15) is 0 Å². The minimum atomic E-state index is 0.727. The lowest BCUT2D eigenvalue weighted by Gasteiger charge is -2.27. The van der Waals surface area contributed by atoms with Gasteiger partial charge in [0, 0.05) is 27.1 Å². The van der Waals surface area contributed by atoms with Gasteiger partial charge in [-0.05, 0) is 74.0 Å². The van der Waals surface area contributed by atoms with E-state index >= 15 is 0 Å². The molecule has 3 aromatic rings. The van der Waals surface area contributed by atoms with Gasteiger partial charge in [0.25, 0.3) is 0 Å². The molecule has 0 atom stereocenters. The lowest BCUT2D eigenvalue weighted by atomic mass is 10.1. The highest BCUT2D eigenvalue weighted by atomic mass is 35.5. The molecule has 0 bridgehead atoms. The van der Waals surface area contributed by atoms with Crippen molar-refractivity contribution in [3.8, 4) is 0 Å². The fourth-order valence-electron chi connectivity index (χ4n) is 2.66. The average Bonchev–Trinajstić information content (AvgIpc) is 2.53. The van der Waals surface area contributed by atoms with Crippen molar-refractivity contribution in [3.05, 3.63) is 87.9 Å². The molecule has 3 rings (SSSR count). The highest BCUT2D eigenvalue weighted by Crippen LogP contribution is 2.37. The van der Waals surface area contributed by atoms with Crippen LogP contribution in [0, 0.1) is 13.8 Å². The molecule has 0 saturated carbocycles. The highest BCUT2D eigenvalue weighted by molar-refractivity contribution is 6.31. The minimum Gasteiger partial charge on any atom is -0.310 e. The number of benzene rings is 3. The quantitative estimate of drug-likeness (QED) is 0.491. The van der Waals surface area contributed by atoms with Gasteiger partial charge in [-0.3, -0.25) is 0 Å². The first kappa shape index (κ1) is 15.9. The van der Waals surface area contributed by atoms with Gasteiger partial charge in [-0.25, -0.2) is 0 Å². The summed E-state index contributed by atoms with van der Waals surface area (Å²) in [6.45, 7) is 4.23. The van der Waals surface area contributed by atoms with E-state index in [2.05, 4.69) is 36.9 Å². The van der Waals surface area contributed by atoms with E-state index in [9.17, 15) is 0 Å². The number of anilines is 3. The third-order valence-corrected chi connectivity index (χ3v) is 4.27. The Balaban J connectivity index is 2.16. The van der Waals surface area contributed by atoms with E-state index in [0.717, 1.165) is 27.1 Å². The zero-order valence-electron chi connectivity index (χ0n) is 13.1. The molecule has 3 aromatic carbocycles. The molecule has 3 heteroatoms. The second-order valence-corrected chi connectivity index (χ2v) is 6.45. The topological polar surface area (TPSA) is 3.24 Å². The molecule has 0 amide bonds. The smallest absolute Gasteiger partial charge is 0.0490 e. The van der Waals surface area contributed by atoms with Crippen molar-refractivity contribution in [2.75, 3.05) is 4.90 Å². The van der Waals surface area contributed by atoms with Crippen LogP contribution in [0.1, 0.15) is 11.1 Å². The van der Waals surface area contributed by atoms with Crippen LogP contribution in [0.3, 0.4) is 0 Å². The second-order valence-electron chi connectivity index (χ2n) is 5.58. The molecule has 0 saturated heterocycles. The number of aryl methyl sites for hydroxylation is 2. The lowest BCUT2D eigenvalue weighted by Crippen LogP contribution is -2.11. The van der Waals surface area contributed by atoms with E-state index in [1.54, 1.807) is 0 Å². The summed E-state index contributed by atoms with van der Waals surface area (Å²) in [5, 5.41) is 1.45. The zero-order chi connectivity index (χ0) is 16.4. The number of halogens is 2. The Morgan fingerprint density at radius 3 is 1.57 bits per heavy atom. The van der Waals surface area contributed by atoms with E-state index in [1.165, 1.54) is 11.1 Å². The first-order valence-corrected chi connectivity index (χ1v) is 8.19. The van der Waals surface area contributed by atoms with Crippen LogP contribution < -0.4 is 4.90 Å². The number of rotatable bonds is 3. The van der Waals surface area contributed by atoms with E-state index in [-0.39, 0.29) is 0 Å². The van der Waals surface area contributed by atoms with Gasteiger partial charge in [0.05, 0.1) is 0 Å². The molecular formula is C20H17Cl2N. The molecule has 0 aliphatic rings. The molecule has 0 radical (unpaired) electrons. The number of hydrogen-bond acceptors (Lipinski definition) is 1. The summed E-state index contributed by atoms with van der Waals surface area (Å²) in [4.78, 5) is 2.21. The Bertz CT molecular complexity index is 763. The summed E-state index contributed by atoms with van der Waals surface area (Å²) >= 11 is 12.1. The van der Waals surface area contributed by atoms with Gasteiger partial charge in [-0.2, -0.15) is 0 Å². The van der Waals surface area contributed by atoms with Crippen LogP contribution in [0.25, 0.3) is 0 Å². The molecule has 23 heavy (non-hydrogen) atoms. The predicted molar refractivity (Wildman–Crippen MR) is 101 cm³/mol. The van der Waals surface area contributed by atoms with Gasteiger partial charge in [0.15, 0.2) is 0 Å². The number of nitrogens with zero attached hydrogens (tertiary/aromatic N) is 1. The molecule has 0 heterocycles. The van der Waals surface area contributed by atoms with Gasteiger partial charge in [-0.1, -0.05) is 40.9 Å². The van der Waals surface area contributed by atoms with Crippen molar-refractivity contribution in [3.63, 3.8) is 0 Å². The van der Waals surface area contributed by atoms with E-state index in [4.69, 9.17) is 23.2 Å². The van der Waals surface area contributed by atoms with Crippen molar-refractivity contribution in [2.45, 2.75) is 13.8 Å². The molecule has 116 valence electrons. The monoisotopic (exact) mass is 341 g/mol. The van der Waals surface area contributed by atoms with Crippen molar-refractivity contribution >= 4 is 40.3 Å². The molecule has 0 aromatic heterocycles. The van der Waals surface area contributed by atoms with Gasteiger partial charge < -0.3 is 4.90 Å². The molecule has 0 aliphatic heterocycles.